The Morgan fingerprint density at radius 1 is 1.20 bits per heavy atom. The van der Waals surface area contributed by atoms with Crippen LogP contribution < -0.4 is 0 Å². The number of hydrogen-bond acceptors (Lipinski definition) is 2. The zero-order valence-electron chi connectivity index (χ0n) is 10.9. The summed E-state index contributed by atoms with van der Waals surface area (Å²) in [5.41, 5.74) is 2.63. The van der Waals surface area contributed by atoms with Crippen LogP contribution in [0.1, 0.15) is 16.0 Å². The summed E-state index contributed by atoms with van der Waals surface area (Å²) in [5.74, 6) is 0.0871. The molecule has 0 saturated heterocycles. The third kappa shape index (κ3) is 3.02. The average Bonchev–Trinajstić information content (AvgIpc) is 2.90. The maximum Gasteiger partial charge on any atom is 0.246 e. The van der Waals surface area contributed by atoms with Gasteiger partial charge in [0.25, 0.3) is 0 Å². The van der Waals surface area contributed by atoms with E-state index in [-0.39, 0.29) is 5.91 Å². The first-order valence-corrected chi connectivity index (χ1v) is 8.12. The highest BCUT2D eigenvalue weighted by Crippen LogP contribution is 2.23. The van der Waals surface area contributed by atoms with Gasteiger partial charge in [0.1, 0.15) is 0 Å². The molecule has 3 rings (SSSR count). The highest BCUT2D eigenvalue weighted by atomic mass is 79.9. The summed E-state index contributed by atoms with van der Waals surface area (Å²) < 4.78 is 1.08. The molecule has 0 radical (unpaired) electrons. The summed E-state index contributed by atoms with van der Waals surface area (Å²) in [6.45, 7) is 1.52. The molecule has 0 atom stereocenters. The fourth-order valence-corrected chi connectivity index (χ4v) is 3.69. The Kier molecular flexibility index (Phi) is 4.03. The molecule has 102 valence electrons. The van der Waals surface area contributed by atoms with Gasteiger partial charge < -0.3 is 4.90 Å². The van der Waals surface area contributed by atoms with Crippen LogP contribution in [0.25, 0.3) is 6.08 Å². The molecule has 2 nitrogen and oxygen atoms in total. The first kappa shape index (κ1) is 13.6. The maximum atomic E-state index is 12.2. The molecule has 1 aliphatic heterocycles. The lowest BCUT2D eigenvalue weighted by molar-refractivity contribution is -0.126. The van der Waals surface area contributed by atoms with E-state index in [9.17, 15) is 4.79 Å². The second kappa shape index (κ2) is 5.94. The topological polar surface area (TPSA) is 20.3 Å². The third-order valence-corrected chi connectivity index (χ3v) is 5.02. The first-order valence-electron chi connectivity index (χ1n) is 6.51. The largest absolute Gasteiger partial charge is 0.334 e. The van der Waals surface area contributed by atoms with Crippen molar-refractivity contribution in [1.29, 1.82) is 0 Å². The fourth-order valence-electron chi connectivity index (χ4n) is 2.36. The maximum absolute atomic E-state index is 12.2. The molecule has 0 N–H and O–H groups in total. The number of hydrogen-bond donors (Lipinski definition) is 0. The summed E-state index contributed by atoms with van der Waals surface area (Å²) >= 11 is 5.05. The average molecular weight is 348 g/mol. The quantitative estimate of drug-likeness (QED) is 0.748. The predicted octanol–water partition coefficient (Wildman–Crippen LogP) is 4.11. The fraction of sp³-hybridized carbons (Fsp3) is 0.188. The van der Waals surface area contributed by atoms with Crippen molar-refractivity contribution in [3.05, 3.63) is 62.3 Å². The van der Waals surface area contributed by atoms with Crippen LogP contribution in [-0.4, -0.2) is 17.4 Å². The second-order valence-corrected chi connectivity index (χ2v) is 7.25. The molecule has 20 heavy (non-hydrogen) atoms. The number of halogens is 1. The Bertz CT molecular complexity index is 662. The molecule has 0 spiro atoms. The molecule has 2 heterocycles. The zero-order chi connectivity index (χ0) is 13.9. The molecule has 1 aliphatic rings. The number of rotatable bonds is 2. The van der Waals surface area contributed by atoms with Crippen molar-refractivity contribution in [2.75, 3.05) is 6.54 Å². The van der Waals surface area contributed by atoms with Crippen LogP contribution in [0.4, 0.5) is 0 Å². The first-order chi connectivity index (χ1) is 9.72. The standard InChI is InChI=1S/C16H14BrNOS/c17-15-7-5-14(20-15)6-8-16(19)18-10-9-12-3-1-2-4-13(12)11-18/h1-8H,9-11H2/b8-6+. The van der Waals surface area contributed by atoms with Crippen LogP contribution in [-0.2, 0) is 17.8 Å². The summed E-state index contributed by atoms with van der Waals surface area (Å²) in [4.78, 5) is 15.2. The van der Waals surface area contributed by atoms with E-state index in [1.165, 1.54) is 11.1 Å². The number of carbonyl (C=O) groups is 1. The van der Waals surface area contributed by atoms with Crippen LogP contribution in [0.5, 0.6) is 0 Å². The van der Waals surface area contributed by atoms with Gasteiger partial charge in [-0.15, -0.1) is 11.3 Å². The molecule has 0 fully saturated rings. The van der Waals surface area contributed by atoms with Gasteiger partial charge >= 0.3 is 0 Å². The number of thiophene rings is 1. The van der Waals surface area contributed by atoms with E-state index in [1.54, 1.807) is 17.4 Å². The van der Waals surface area contributed by atoms with Crippen molar-refractivity contribution >= 4 is 39.2 Å². The van der Waals surface area contributed by atoms with Crippen molar-refractivity contribution in [1.82, 2.24) is 4.90 Å². The van der Waals surface area contributed by atoms with Gasteiger partial charge in [-0.1, -0.05) is 24.3 Å². The van der Waals surface area contributed by atoms with E-state index in [0.29, 0.717) is 6.54 Å². The van der Waals surface area contributed by atoms with E-state index < -0.39 is 0 Å². The predicted molar refractivity (Wildman–Crippen MR) is 86.6 cm³/mol. The third-order valence-electron chi connectivity index (χ3n) is 3.43. The van der Waals surface area contributed by atoms with Gasteiger partial charge in [0.2, 0.25) is 5.91 Å². The molecule has 4 heteroatoms. The van der Waals surface area contributed by atoms with Crippen LogP contribution in [0.15, 0.2) is 46.3 Å². The highest BCUT2D eigenvalue weighted by molar-refractivity contribution is 9.11. The van der Waals surface area contributed by atoms with Crippen molar-refractivity contribution in [2.45, 2.75) is 13.0 Å². The molecular weight excluding hydrogens is 334 g/mol. The van der Waals surface area contributed by atoms with Gasteiger partial charge in [0.05, 0.1) is 3.79 Å². The lowest BCUT2D eigenvalue weighted by Crippen LogP contribution is -2.34. The number of carbonyl (C=O) groups excluding carboxylic acids is 1. The molecule has 0 aliphatic carbocycles. The van der Waals surface area contributed by atoms with E-state index >= 15 is 0 Å². The summed E-state index contributed by atoms with van der Waals surface area (Å²) in [5, 5.41) is 0. The van der Waals surface area contributed by atoms with Gasteiger partial charge in [0, 0.05) is 24.0 Å². The Morgan fingerprint density at radius 3 is 2.75 bits per heavy atom. The van der Waals surface area contributed by atoms with Crippen molar-refractivity contribution in [3.63, 3.8) is 0 Å². The lowest BCUT2D eigenvalue weighted by atomic mass is 10.00. The molecular formula is C16H14BrNOS. The molecule has 1 amide bonds. The smallest absolute Gasteiger partial charge is 0.246 e. The molecule has 1 aromatic heterocycles. The number of nitrogens with zero attached hydrogens (tertiary/aromatic N) is 1. The van der Waals surface area contributed by atoms with Crippen molar-refractivity contribution in [3.8, 4) is 0 Å². The molecule has 0 bridgehead atoms. The molecule has 0 saturated carbocycles. The summed E-state index contributed by atoms with van der Waals surface area (Å²) in [7, 11) is 0. The zero-order valence-corrected chi connectivity index (χ0v) is 13.3. The van der Waals surface area contributed by atoms with Gasteiger partial charge in [0.15, 0.2) is 0 Å². The molecule has 0 unspecified atom stereocenters. The second-order valence-electron chi connectivity index (χ2n) is 4.75. The van der Waals surface area contributed by atoms with E-state index in [2.05, 4.69) is 34.1 Å². The van der Waals surface area contributed by atoms with Crippen molar-refractivity contribution < 1.29 is 4.79 Å². The minimum absolute atomic E-state index is 0.0871. The minimum Gasteiger partial charge on any atom is -0.334 e. The van der Waals surface area contributed by atoms with Crippen molar-refractivity contribution in [2.24, 2.45) is 0 Å². The lowest BCUT2D eigenvalue weighted by Gasteiger charge is -2.27. The van der Waals surface area contributed by atoms with Crippen LogP contribution in [0, 0.1) is 0 Å². The van der Waals surface area contributed by atoms with Crippen LogP contribution in [0.2, 0.25) is 0 Å². The Hall–Kier alpha value is -1.39. The number of fused-ring (bicyclic) bond motifs is 1. The van der Waals surface area contributed by atoms with E-state index in [1.807, 2.05) is 29.2 Å². The van der Waals surface area contributed by atoms with Gasteiger partial charge in [-0.3, -0.25) is 4.79 Å². The number of amides is 1. The summed E-state index contributed by atoms with van der Waals surface area (Å²) in [6.07, 6.45) is 4.50. The van der Waals surface area contributed by atoms with Gasteiger partial charge in [-0.05, 0) is 51.7 Å². The van der Waals surface area contributed by atoms with E-state index in [4.69, 9.17) is 0 Å². The Labute approximate surface area is 130 Å². The van der Waals surface area contributed by atoms with Gasteiger partial charge in [-0.2, -0.15) is 0 Å². The van der Waals surface area contributed by atoms with Crippen LogP contribution in [0.3, 0.4) is 0 Å². The van der Waals surface area contributed by atoms with E-state index in [0.717, 1.165) is 21.6 Å². The molecule has 1 aromatic carbocycles. The normalized spacial score (nSPS) is 14.6. The highest BCUT2D eigenvalue weighted by Gasteiger charge is 2.18. The monoisotopic (exact) mass is 347 g/mol. The SMILES string of the molecule is O=C(/C=C/c1ccc(Br)s1)N1CCc2ccccc2C1. The Balaban J connectivity index is 1.68. The van der Waals surface area contributed by atoms with Crippen LogP contribution >= 0.6 is 27.3 Å². The Morgan fingerprint density at radius 2 is 2.00 bits per heavy atom. The summed E-state index contributed by atoms with van der Waals surface area (Å²) in [6, 6.07) is 12.3. The van der Waals surface area contributed by atoms with Gasteiger partial charge in [-0.25, -0.2) is 0 Å². The minimum atomic E-state index is 0.0871. The number of benzene rings is 1. The molecule has 2 aromatic rings.